The van der Waals surface area contributed by atoms with Crippen LogP contribution in [0.5, 0.6) is 0 Å². The lowest BCUT2D eigenvalue weighted by Gasteiger charge is -2.20. The third-order valence-corrected chi connectivity index (χ3v) is 2.16. The van der Waals surface area contributed by atoms with Crippen LogP contribution in [0.1, 0.15) is 20.8 Å². The molecule has 0 aliphatic rings. The van der Waals surface area contributed by atoms with Crippen LogP contribution in [0, 0.1) is 20.4 Å². The van der Waals surface area contributed by atoms with E-state index in [2.05, 4.69) is 18.7 Å². The van der Waals surface area contributed by atoms with Crippen LogP contribution in [-0.2, 0) is 0 Å². The predicted molar refractivity (Wildman–Crippen MR) is 54.2 cm³/mol. The maximum atomic E-state index is 10.4. The zero-order chi connectivity index (χ0) is 14.8. The Morgan fingerprint density at radius 2 is 1.44 bits per heavy atom. The number of rotatable bonds is 7. The maximum Gasteiger partial charge on any atom is 0.160 e. The number of hydrogen-bond donors (Lipinski definition) is 1. The quantitative estimate of drug-likeness (QED) is 0.380. The van der Waals surface area contributed by atoms with Gasteiger partial charge in [0.1, 0.15) is 0 Å². The molecule has 0 aromatic rings. The van der Waals surface area contributed by atoms with Crippen LogP contribution in [0.3, 0.4) is 0 Å². The Morgan fingerprint density at radius 3 is 1.67 bits per heavy atom. The van der Waals surface area contributed by atoms with Crippen LogP contribution in [0.15, 0.2) is 0 Å². The highest BCUT2D eigenvalue weighted by Gasteiger charge is 2.11. The molecule has 0 aromatic heterocycles. The van der Waals surface area contributed by atoms with Crippen molar-refractivity contribution in [3.05, 3.63) is 10.1 Å². The summed E-state index contributed by atoms with van der Waals surface area (Å²) in [5, 5.41) is 11.3. The minimum atomic E-state index is -4.69. The molecule has 0 saturated heterocycles. The van der Waals surface area contributed by atoms with Gasteiger partial charge in [-0.2, -0.15) is 14.0 Å². The Morgan fingerprint density at radius 1 is 1.06 bits per heavy atom. The van der Waals surface area contributed by atoms with Gasteiger partial charge in [0, 0.05) is 6.54 Å². The molecule has 0 aliphatic carbocycles. The van der Waals surface area contributed by atoms with Crippen molar-refractivity contribution in [2.45, 2.75) is 20.8 Å². The molecule has 9 nitrogen and oxygen atoms in total. The molecule has 0 bridgehead atoms. The molecule has 10 heteroatoms. The Labute approximate surface area is 108 Å². The summed E-state index contributed by atoms with van der Waals surface area (Å²) in [6.45, 7) is 9.56. The molecule has 1 N–H and O–H groups in total. The van der Waals surface area contributed by atoms with Crippen LogP contribution >= 0.6 is 0 Å². The van der Waals surface area contributed by atoms with Gasteiger partial charge in [-0.25, -0.2) is 10.1 Å². The van der Waals surface area contributed by atoms with Gasteiger partial charge in [0.2, 0.25) is 0 Å². The fourth-order valence-corrected chi connectivity index (χ4v) is 1.15. The van der Waals surface area contributed by atoms with E-state index >= 15 is 0 Å². The average Bonchev–Trinajstić information content (AvgIpc) is 2.21. The number of hydrogen-bond acceptors (Lipinski definition) is 7. The largest absolute Gasteiger partial charge is 0.302 e. The molecule has 110 valence electrons. The minimum Gasteiger partial charge on any atom is -0.302 e. The van der Waals surface area contributed by atoms with Gasteiger partial charge in [0.15, 0.2) is 5.03 Å². The summed E-state index contributed by atoms with van der Waals surface area (Å²) in [4.78, 5) is 12.6. The molecule has 0 aliphatic heterocycles. The van der Waals surface area contributed by atoms with E-state index in [9.17, 15) is 10.1 Å². The average molecular weight is 290 g/mol. The Balaban J connectivity index is 0. The van der Waals surface area contributed by atoms with Crippen LogP contribution in [-0.4, -0.2) is 52.3 Å². The minimum absolute atomic E-state index is 0.330. The Bertz CT molecular complexity index is 215. The van der Waals surface area contributed by atoms with Crippen LogP contribution in [0.4, 0.5) is 0 Å². The molecule has 0 amide bonds. The maximum absolute atomic E-state index is 10.4. The molecule has 0 saturated carbocycles. The number of likely N-dealkylation sites (N-methyl/N-ethyl adjacent to an activating group) is 2. The first-order valence-corrected chi connectivity index (χ1v) is 6.66. The van der Waals surface area contributed by atoms with Gasteiger partial charge in [-0.05, 0) is 20.0 Å². The van der Waals surface area contributed by atoms with Crippen molar-refractivity contribution in [1.82, 2.24) is 9.91 Å². The SMILES string of the molecule is CCN(CC)CCN(CC)[N+](=O)[O-].[O-][Cl+3]([O-])([O-])O. The van der Waals surface area contributed by atoms with Gasteiger partial charge in [-0.1, -0.05) is 13.8 Å². The number of halogens is 1. The van der Waals surface area contributed by atoms with Gasteiger partial charge in [-0.3, -0.25) is 0 Å². The molecular formula is C8H20ClN3O6. The van der Waals surface area contributed by atoms with Crippen molar-refractivity contribution in [3.8, 4) is 0 Å². The summed E-state index contributed by atoms with van der Waals surface area (Å²) < 4.78 is 32.7. The van der Waals surface area contributed by atoms with Crippen molar-refractivity contribution >= 4 is 0 Å². The second kappa shape index (κ2) is 10.2. The summed E-state index contributed by atoms with van der Waals surface area (Å²) in [7, 11) is -4.69. The number of hydrazine groups is 1. The number of nitro groups is 1. The molecule has 18 heavy (non-hydrogen) atoms. The van der Waals surface area contributed by atoms with Crippen molar-refractivity contribution in [2.24, 2.45) is 0 Å². The van der Waals surface area contributed by atoms with Crippen LogP contribution in [0.25, 0.3) is 0 Å². The van der Waals surface area contributed by atoms with Gasteiger partial charge >= 0.3 is 0 Å². The van der Waals surface area contributed by atoms with Gasteiger partial charge in [0.05, 0.1) is 28.0 Å². The van der Waals surface area contributed by atoms with Gasteiger partial charge in [-0.15, -0.1) is 5.01 Å². The first-order chi connectivity index (χ1) is 8.15. The lowest BCUT2D eigenvalue weighted by atomic mass is 10.4. The second-order valence-corrected chi connectivity index (χ2v) is 4.00. The highest BCUT2D eigenvalue weighted by Crippen LogP contribution is 1.91. The van der Waals surface area contributed by atoms with E-state index in [0.29, 0.717) is 13.1 Å². The topological polar surface area (TPSA) is 139 Å². The van der Waals surface area contributed by atoms with Gasteiger partial charge in [0.25, 0.3) is 0 Å². The summed E-state index contributed by atoms with van der Waals surface area (Å²) in [5.41, 5.74) is 0. The van der Waals surface area contributed by atoms with E-state index in [-0.39, 0.29) is 5.03 Å². The zero-order valence-electron chi connectivity index (χ0n) is 10.7. The van der Waals surface area contributed by atoms with Crippen LogP contribution in [0.2, 0.25) is 0 Å². The smallest absolute Gasteiger partial charge is 0.160 e. The molecule has 0 fully saturated rings. The second-order valence-electron chi connectivity index (χ2n) is 3.21. The van der Waals surface area contributed by atoms with E-state index in [0.717, 1.165) is 19.6 Å². The highest BCUT2D eigenvalue weighted by molar-refractivity contribution is 4.53. The molecular weight excluding hydrogens is 270 g/mol. The van der Waals surface area contributed by atoms with E-state index < -0.39 is 10.2 Å². The monoisotopic (exact) mass is 289 g/mol. The molecule has 0 aromatic carbocycles. The fourth-order valence-electron chi connectivity index (χ4n) is 1.15. The normalized spacial score (nSPS) is 10.9. The third kappa shape index (κ3) is 15.3. The summed E-state index contributed by atoms with van der Waals surface area (Å²) >= 11 is 0. The fraction of sp³-hybridized carbons (Fsp3) is 1.00. The molecule has 0 radical (unpaired) electrons. The summed E-state index contributed by atoms with van der Waals surface area (Å²) in [6, 6.07) is 0. The molecule has 0 heterocycles. The highest BCUT2D eigenvalue weighted by atomic mass is 35.7. The Kier molecular flexibility index (Phi) is 11.2. The Hall–Kier alpha value is -0.710. The third-order valence-electron chi connectivity index (χ3n) is 2.16. The van der Waals surface area contributed by atoms with E-state index in [1.54, 1.807) is 6.92 Å². The van der Waals surface area contributed by atoms with Crippen molar-refractivity contribution in [1.29, 1.82) is 0 Å². The molecule has 0 rings (SSSR count). The lowest BCUT2D eigenvalue weighted by Crippen LogP contribution is -2.58. The van der Waals surface area contributed by atoms with Crippen molar-refractivity contribution < 1.29 is 33.9 Å². The van der Waals surface area contributed by atoms with Crippen molar-refractivity contribution in [3.63, 3.8) is 0 Å². The first-order valence-electron chi connectivity index (χ1n) is 5.40. The molecule has 0 spiro atoms. The first kappa shape index (κ1) is 19.6. The summed E-state index contributed by atoms with van der Waals surface area (Å²) in [6.07, 6.45) is 0. The van der Waals surface area contributed by atoms with Gasteiger partial charge < -0.3 is 4.90 Å². The predicted octanol–water partition coefficient (Wildman–Crippen LogP) is -3.28. The number of nitrogens with zero attached hydrogens (tertiary/aromatic N) is 3. The van der Waals surface area contributed by atoms with Crippen LogP contribution < -0.4 is 14.0 Å². The van der Waals surface area contributed by atoms with E-state index in [1.807, 2.05) is 0 Å². The van der Waals surface area contributed by atoms with E-state index in [1.165, 1.54) is 5.01 Å². The van der Waals surface area contributed by atoms with E-state index in [4.69, 9.17) is 18.6 Å². The standard InChI is InChI=1S/C8H19N3O2.ClHO4/c1-4-9(5-2)7-8-10(6-3)11(12)13;2-1(3,4)5/h4-8H2,1-3H3;(H,2,3,4,5). The summed E-state index contributed by atoms with van der Waals surface area (Å²) in [5.74, 6) is 0. The van der Waals surface area contributed by atoms with Crippen molar-refractivity contribution in [2.75, 3.05) is 32.7 Å². The zero-order valence-corrected chi connectivity index (χ0v) is 11.5. The molecule has 0 atom stereocenters. The molecule has 0 unspecified atom stereocenters. The lowest BCUT2D eigenvalue weighted by molar-refractivity contribution is -1.92.